The van der Waals surface area contributed by atoms with Crippen LogP contribution in [0.25, 0.3) is 5.69 Å². The quantitative estimate of drug-likeness (QED) is 0.327. The molecule has 9 heteroatoms. The highest BCUT2D eigenvalue weighted by Crippen LogP contribution is 2.31. The van der Waals surface area contributed by atoms with Gasteiger partial charge in [0.2, 0.25) is 0 Å². The number of carbonyl (C=O) groups excluding carboxylic acids is 3. The zero-order valence-electron chi connectivity index (χ0n) is 21.9. The Labute approximate surface area is 226 Å². The zero-order valence-corrected chi connectivity index (χ0v) is 21.9. The lowest BCUT2D eigenvalue weighted by molar-refractivity contribution is 0.0774. The Morgan fingerprint density at radius 2 is 1.59 bits per heavy atom. The molecule has 2 N–H and O–H groups in total. The molecule has 4 amide bonds. The number of benzene rings is 3. The van der Waals surface area contributed by atoms with Crippen molar-refractivity contribution in [2.24, 2.45) is 0 Å². The molecule has 5 rings (SSSR count). The normalized spacial score (nSPS) is 15.1. The third-order valence-corrected chi connectivity index (χ3v) is 6.36. The molecule has 39 heavy (non-hydrogen) atoms. The minimum absolute atomic E-state index is 0.0902. The van der Waals surface area contributed by atoms with E-state index in [1.165, 1.54) is 0 Å². The van der Waals surface area contributed by atoms with E-state index < -0.39 is 24.1 Å². The van der Waals surface area contributed by atoms with Crippen molar-refractivity contribution >= 4 is 29.5 Å². The molecule has 9 nitrogen and oxygen atoms in total. The summed E-state index contributed by atoms with van der Waals surface area (Å²) < 4.78 is 6.82. The molecule has 2 heterocycles. The summed E-state index contributed by atoms with van der Waals surface area (Å²) in [6.07, 6.45) is -0.687. The summed E-state index contributed by atoms with van der Waals surface area (Å²) in [4.78, 5) is 40.1. The molecule has 1 aliphatic rings. The average molecular weight is 524 g/mol. The standard InChI is InChI=1S/C30H29N5O4/c1-30(2,3)25-18-26(32-28(37)31-22-14-8-5-9-15-22)35(33-25)23-16-10-13-21(17-23)27(36)34-24(19-39-29(34)38)20-11-6-4-7-12-20/h4-18,24H,19H2,1-3H3,(H2,31,32,37)/t24-/m0/s1. The topological polar surface area (TPSA) is 106 Å². The van der Waals surface area contributed by atoms with Gasteiger partial charge >= 0.3 is 12.1 Å². The van der Waals surface area contributed by atoms with Crippen molar-refractivity contribution in [3.63, 3.8) is 0 Å². The Bertz CT molecular complexity index is 1510. The number of hydrogen-bond acceptors (Lipinski definition) is 5. The van der Waals surface area contributed by atoms with Crippen molar-refractivity contribution in [1.29, 1.82) is 0 Å². The monoisotopic (exact) mass is 523 g/mol. The Morgan fingerprint density at radius 3 is 2.28 bits per heavy atom. The van der Waals surface area contributed by atoms with E-state index >= 15 is 0 Å². The lowest BCUT2D eigenvalue weighted by Crippen LogP contribution is -2.34. The van der Waals surface area contributed by atoms with Crippen LogP contribution in [0.3, 0.4) is 0 Å². The van der Waals surface area contributed by atoms with Gasteiger partial charge in [-0.05, 0) is 35.9 Å². The molecule has 198 valence electrons. The number of anilines is 2. The number of imide groups is 1. The Kier molecular flexibility index (Phi) is 6.89. The number of ether oxygens (including phenoxy) is 1. The summed E-state index contributed by atoms with van der Waals surface area (Å²) in [5.74, 6) is -0.0477. The summed E-state index contributed by atoms with van der Waals surface area (Å²) in [6.45, 7) is 6.16. The zero-order chi connectivity index (χ0) is 27.6. The van der Waals surface area contributed by atoms with Gasteiger partial charge in [0.1, 0.15) is 18.5 Å². The highest BCUT2D eigenvalue weighted by atomic mass is 16.6. The first-order chi connectivity index (χ1) is 18.7. The summed E-state index contributed by atoms with van der Waals surface area (Å²) in [7, 11) is 0. The molecule has 0 aliphatic carbocycles. The van der Waals surface area contributed by atoms with E-state index in [-0.39, 0.29) is 12.0 Å². The third-order valence-electron chi connectivity index (χ3n) is 6.36. The Morgan fingerprint density at radius 1 is 0.897 bits per heavy atom. The van der Waals surface area contributed by atoms with Gasteiger partial charge in [0.05, 0.1) is 11.4 Å². The smallest absolute Gasteiger partial charge is 0.417 e. The molecular formula is C30H29N5O4. The fourth-order valence-corrected chi connectivity index (χ4v) is 4.31. The molecule has 0 radical (unpaired) electrons. The first kappa shape index (κ1) is 25.7. The molecule has 1 saturated heterocycles. The first-order valence-corrected chi connectivity index (χ1v) is 12.6. The summed E-state index contributed by atoms with van der Waals surface area (Å²) >= 11 is 0. The molecule has 1 aliphatic heterocycles. The molecule has 0 saturated carbocycles. The predicted molar refractivity (Wildman–Crippen MR) is 148 cm³/mol. The van der Waals surface area contributed by atoms with Gasteiger partial charge in [-0.15, -0.1) is 0 Å². The van der Waals surface area contributed by atoms with Crippen LogP contribution in [0.15, 0.2) is 91.0 Å². The van der Waals surface area contributed by atoms with Crippen LogP contribution in [0.2, 0.25) is 0 Å². The van der Waals surface area contributed by atoms with Crippen molar-refractivity contribution in [3.05, 3.63) is 108 Å². The van der Waals surface area contributed by atoms with Crippen LogP contribution in [0, 0.1) is 0 Å². The van der Waals surface area contributed by atoms with E-state index in [1.54, 1.807) is 41.1 Å². The van der Waals surface area contributed by atoms with Crippen molar-refractivity contribution < 1.29 is 19.1 Å². The van der Waals surface area contributed by atoms with Gasteiger partial charge in [0, 0.05) is 22.7 Å². The SMILES string of the molecule is CC(C)(C)c1cc(NC(=O)Nc2ccccc2)n(-c2cccc(C(=O)N3C(=O)OC[C@H]3c3ccccc3)c2)n1. The molecule has 0 spiro atoms. The van der Waals surface area contributed by atoms with E-state index in [0.717, 1.165) is 16.2 Å². The average Bonchev–Trinajstić information content (AvgIpc) is 3.53. The van der Waals surface area contributed by atoms with Crippen LogP contribution in [-0.2, 0) is 10.2 Å². The summed E-state index contributed by atoms with van der Waals surface area (Å²) in [6, 6.07) is 26.1. The second-order valence-electron chi connectivity index (χ2n) is 10.3. The van der Waals surface area contributed by atoms with Crippen LogP contribution in [0.5, 0.6) is 0 Å². The van der Waals surface area contributed by atoms with Gasteiger partial charge in [0.15, 0.2) is 0 Å². The maximum Gasteiger partial charge on any atom is 0.417 e. The van der Waals surface area contributed by atoms with E-state index in [4.69, 9.17) is 9.84 Å². The van der Waals surface area contributed by atoms with Gasteiger partial charge in [0.25, 0.3) is 5.91 Å². The Hall–Kier alpha value is -4.92. The number of cyclic esters (lactones) is 1. The Balaban J connectivity index is 1.46. The highest BCUT2D eigenvalue weighted by molar-refractivity contribution is 6.04. The van der Waals surface area contributed by atoms with E-state index in [2.05, 4.69) is 10.6 Å². The maximum atomic E-state index is 13.6. The van der Waals surface area contributed by atoms with Crippen molar-refractivity contribution in [1.82, 2.24) is 14.7 Å². The lowest BCUT2D eigenvalue weighted by Gasteiger charge is -2.20. The van der Waals surface area contributed by atoms with Crippen LogP contribution in [0.1, 0.15) is 48.4 Å². The van der Waals surface area contributed by atoms with Crippen LogP contribution < -0.4 is 10.6 Å². The summed E-state index contributed by atoms with van der Waals surface area (Å²) in [5.41, 5.74) is 2.75. The number of para-hydroxylation sites is 1. The molecule has 1 atom stereocenters. The molecule has 0 bridgehead atoms. The third kappa shape index (κ3) is 5.52. The van der Waals surface area contributed by atoms with Crippen LogP contribution >= 0.6 is 0 Å². The second kappa shape index (κ2) is 10.4. The fraction of sp³-hybridized carbons (Fsp3) is 0.200. The minimum Gasteiger partial charge on any atom is -0.446 e. The van der Waals surface area contributed by atoms with Crippen molar-refractivity contribution in [2.75, 3.05) is 17.2 Å². The maximum absolute atomic E-state index is 13.6. The number of amides is 4. The predicted octanol–water partition coefficient (Wildman–Crippen LogP) is 6.15. The van der Waals surface area contributed by atoms with Crippen LogP contribution in [0.4, 0.5) is 21.1 Å². The van der Waals surface area contributed by atoms with Gasteiger partial charge in [-0.1, -0.05) is 75.4 Å². The number of aromatic nitrogens is 2. The van der Waals surface area contributed by atoms with Crippen LogP contribution in [-0.4, -0.2) is 39.3 Å². The number of hydrogen-bond donors (Lipinski definition) is 2. The number of nitrogens with zero attached hydrogens (tertiary/aromatic N) is 3. The van der Waals surface area contributed by atoms with Gasteiger partial charge in [-0.25, -0.2) is 19.2 Å². The van der Waals surface area contributed by atoms with Crippen molar-refractivity contribution in [2.45, 2.75) is 32.2 Å². The molecule has 1 fully saturated rings. The number of rotatable bonds is 5. The van der Waals surface area contributed by atoms with E-state index in [9.17, 15) is 14.4 Å². The molecule has 3 aromatic carbocycles. The summed E-state index contributed by atoms with van der Waals surface area (Å²) in [5, 5.41) is 10.4. The van der Waals surface area contributed by atoms with Gasteiger partial charge in [-0.2, -0.15) is 5.10 Å². The molecular weight excluding hydrogens is 494 g/mol. The van der Waals surface area contributed by atoms with E-state index in [1.807, 2.05) is 75.4 Å². The fourth-order valence-electron chi connectivity index (χ4n) is 4.31. The molecule has 0 unspecified atom stereocenters. The first-order valence-electron chi connectivity index (χ1n) is 12.6. The highest BCUT2D eigenvalue weighted by Gasteiger charge is 2.39. The van der Waals surface area contributed by atoms with Crippen molar-refractivity contribution in [3.8, 4) is 5.69 Å². The number of carbonyl (C=O) groups is 3. The number of nitrogens with one attached hydrogen (secondary N) is 2. The van der Waals surface area contributed by atoms with E-state index in [0.29, 0.717) is 22.8 Å². The lowest BCUT2D eigenvalue weighted by atomic mass is 9.92. The molecule has 4 aromatic rings. The minimum atomic E-state index is -0.687. The number of urea groups is 1. The van der Waals surface area contributed by atoms with Gasteiger partial charge < -0.3 is 10.1 Å². The second-order valence-corrected chi connectivity index (χ2v) is 10.3. The molecule has 1 aromatic heterocycles. The van der Waals surface area contributed by atoms with Gasteiger partial charge in [-0.3, -0.25) is 10.1 Å². The largest absolute Gasteiger partial charge is 0.446 e.